The molecular formula is C18H22F2N4O3. The summed E-state index contributed by atoms with van der Waals surface area (Å²) >= 11 is 0. The fourth-order valence-electron chi connectivity index (χ4n) is 3.29. The zero-order valence-corrected chi connectivity index (χ0v) is 15.1. The van der Waals surface area contributed by atoms with E-state index in [4.69, 9.17) is 4.74 Å². The highest BCUT2D eigenvalue weighted by Gasteiger charge is 2.44. The van der Waals surface area contributed by atoms with E-state index in [1.807, 2.05) is 0 Å². The van der Waals surface area contributed by atoms with Crippen molar-refractivity contribution in [1.82, 2.24) is 15.2 Å². The third-order valence-corrected chi connectivity index (χ3v) is 5.11. The van der Waals surface area contributed by atoms with Gasteiger partial charge < -0.3 is 19.9 Å². The smallest absolute Gasteiger partial charge is 0.282 e. The molecule has 1 aromatic rings. The number of carbonyl (C=O) groups excluding carboxylic acids is 2. The average Bonchev–Trinajstić information content (AvgIpc) is 3.36. The number of amides is 2. The zero-order valence-electron chi connectivity index (χ0n) is 15.1. The number of alkyl halides is 2. The Balaban J connectivity index is 1.49. The summed E-state index contributed by atoms with van der Waals surface area (Å²) < 4.78 is 32.1. The molecule has 2 aliphatic heterocycles. The maximum absolute atomic E-state index is 13.1. The van der Waals surface area contributed by atoms with E-state index >= 15 is 0 Å². The number of hydrogen-bond donors (Lipinski definition) is 1. The van der Waals surface area contributed by atoms with Gasteiger partial charge in [0.25, 0.3) is 11.8 Å². The predicted molar refractivity (Wildman–Crippen MR) is 93.1 cm³/mol. The Morgan fingerprint density at radius 1 is 1.41 bits per heavy atom. The van der Waals surface area contributed by atoms with Gasteiger partial charge >= 0.3 is 0 Å². The highest BCUT2D eigenvalue weighted by molar-refractivity contribution is 5.96. The quantitative estimate of drug-likeness (QED) is 0.805. The van der Waals surface area contributed by atoms with Gasteiger partial charge in [0, 0.05) is 26.1 Å². The lowest BCUT2D eigenvalue weighted by atomic mass is 10.1. The molecule has 2 saturated heterocycles. The lowest BCUT2D eigenvalue weighted by molar-refractivity contribution is -0.126. The van der Waals surface area contributed by atoms with Crippen LogP contribution in [0.1, 0.15) is 29.8 Å². The first kappa shape index (κ1) is 17.9. The van der Waals surface area contributed by atoms with Gasteiger partial charge in [0.05, 0.1) is 37.6 Å². The van der Waals surface area contributed by atoms with Crippen molar-refractivity contribution in [2.75, 3.05) is 38.2 Å². The molecule has 0 bridgehead atoms. The van der Waals surface area contributed by atoms with Gasteiger partial charge in [0.2, 0.25) is 5.91 Å². The number of anilines is 1. The molecule has 0 aromatic carbocycles. The molecule has 1 N–H and O–H groups in total. The maximum Gasteiger partial charge on any atom is 0.282 e. The number of nitrogens with zero attached hydrogens (tertiary/aromatic N) is 3. The number of likely N-dealkylation sites (tertiary alicyclic amines) is 1. The van der Waals surface area contributed by atoms with Crippen LogP contribution in [0.2, 0.25) is 0 Å². The molecule has 3 fully saturated rings. The molecule has 4 rings (SSSR count). The summed E-state index contributed by atoms with van der Waals surface area (Å²) in [6.07, 6.45) is 3.84. The Morgan fingerprint density at radius 3 is 2.74 bits per heavy atom. The maximum atomic E-state index is 13.1. The monoisotopic (exact) mass is 380 g/mol. The highest BCUT2D eigenvalue weighted by atomic mass is 19.3. The van der Waals surface area contributed by atoms with E-state index in [1.165, 1.54) is 11.1 Å². The van der Waals surface area contributed by atoms with Crippen LogP contribution >= 0.6 is 0 Å². The Bertz CT molecular complexity index is 761. The number of halogens is 2. The summed E-state index contributed by atoms with van der Waals surface area (Å²) in [6.45, 7) is 0.202. The van der Waals surface area contributed by atoms with Crippen molar-refractivity contribution in [3.05, 3.63) is 18.0 Å². The largest absolute Gasteiger partial charge is 0.491 e. The van der Waals surface area contributed by atoms with E-state index < -0.39 is 11.8 Å². The molecule has 27 heavy (non-hydrogen) atoms. The first-order chi connectivity index (χ1) is 12.8. The molecule has 1 aromatic heterocycles. The minimum absolute atomic E-state index is 0.0208. The number of aromatic nitrogens is 1. The third-order valence-electron chi connectivity index (χ3n) is 5.11. The summed E-state index contributed by atoms with van der Waals surface area (Å²) in [5.41, 5.74) is 0.632. The van der Waals surface area contributed by atoms with E-state index in [1.54, 1.807) is 18.0 Å². The fraction of sp³-hybridized carbons (Fsp3) is 0.611. The second-order valence-electron chi connectivity index (χ2n) is 7.66. The van der Waals surface area contributed by atoms with E-state index in [9.17, 15) is 18.4 Å². The third kappa shape index (κ3) is 3.96. The Hall–Kier alpha value is -2.45. The van der Waals surface area contributed by atoms with Crippen LogP contribution in [-0.2, 0) is 4.79 Å². The molecule has 0 spiro atoms. The number of nitrogens with one attached hydrogen (secondary N) is 1. The average molecular weight is 380 g/mol. The molecule has 9 heteroatoms. The summed E-state index contributed by atoms with van der Waals surface area (Å²) in [5, 5.41) is 2.81. The number of hydrogen-bond acceptors (Lipinski definition) is 5. The van der Waals surface area contributed by atoms with Gasteiger partial charge in [-0.05, 0) is 18.8 Å². The molecule has 146 valence electrons. The minimum atomic E-state index is -2.69. The molecule has 1 atom stereocenters. The van der Waals surface area contributed by atoms with Crippen molar-refractivity contribution < 1.29 is 23.1 Å². The summed E-state index contributed by atoms with van der Waals surface area (Å²) in [4.78, 5) is 31.5. The Morgan fingerprint density at radius 2 is 2.15 bits per heavy atom. The Labute approximate surface area is 155 Å². The van der Waals surface area contributed by atoms with Gasteiger partial charge in [-0.25, -0.2) is 13.8 Å². The van der Waals surface area contributed by atoms with Gasteiger partial charge in [-0.2, -0.15) is 0 Å². The predicted octanol–water partition coefficient (Wildman–Crippen LogP) is 1.29. The number of carbonyl (C=O) groups is 2. The lowest BCUT2D eigenvalue weighted by Gasteiger charge is -2.40. The minimum Gasteiger partial charge on any atom is -0.491 e. The normalized spacial score (nSPS) is 24.0. The summed E-state index contributed by atoms with van der Waals surface area (Å²) in [6, 6.07) is 1.33. The van der Waals surface area contributed by atoms with Crippen LogP contribution in [0.25, 0.3) is 0 Å². The molecule has 3 aliphatic rings. The summed E-state index contributed by atoms with van der Waals surface area (Å²) in [5.74, 6) is -2.36. The van der Waals surface area contributed by atoms with Crippen LogP contribution in [0, 0.1) is 5.92 Å². The molecule has 1 unspecified atom stereocenters. The first-order valence-corrected chi connectivity index (χ1v) is 9.11. The van der Waals surface area contributed by atoms with Gasteiger partial charge in [-0.3, -0.25) is 9.59 Å². The van der Waals surface area contributed by atoms with Crippen LogP contribution in [-0.4, -0.2) is 67.0 Å². The van der Waals surface area contributed by atoms with E-state index in [2.05, 4.69) is 10.3 Å². The molecule has 1 saturated carbocycles. The van der Waals surface area contributed by atoms with Crippen molar-refractivity contribution in [3.8, 4) is 5.75 Å². The van der Waals surface area contributed by atoms with Crippen molar-refractivity contribution in [2.24, 2.45) is 5.92 Å². The van der Waals surface area contributed by atoms with Crippen molar-refractivity contribution in [3.63, 3.8) is 0 Å². The molecule has 0 radical (unpaired) electrons. The van der Waals surface area contributed by atoms with Crippen molar-refractivity contribution in [2.45, 2.75) is 31.2 Å². The van der Waals surface area contributed by atoms with Crippen molar-refractivity contribution >= 4 is 17.5 Å². The zero-order chi connectivity index (χ0) is 19.2. The molecule has 1 aliphatic carbocycles. The van der Waals surface area contributed by atoms with E-state index in [-0.39, 0.29) is 37.2 Å². The van der Waals surface area contributed by atoms with Gasteiger partial charge in [-0.15, -0.1) is 0 Å². The topological polar surface area (TPSA) is 74.8 Å². The second-order valence-corrected chi connectivity index (χ2v) is 7.66. The molecule has 3 heterocycles. The fourth-order valence-corrected chi connectivity index (χ4v) is 3.29. The van der Waals surface area contributed by atoms with Crippen LogP contribution in [0.4, 0.5) is 14.5 Å². The highest BCUT2D eigenvalue weighted by Crippen LogP contribution is 2.35. The van der Waals surface area contributed by atoms with E-state index in [0.29, 0.717) is 30.5 Å². The van der Waals surface area contributed by atoms with Crippen molar-refractivity contribution in [1.29, 1.82) is 0 Å². The Kier molecular flexibility index (Phi) is 4.39. The van der Waals surface area contributed by atoms with Crippen LogP contribution in [0.5, 0.6) is 5.75 Å². The standard InChI is InChI=1S/C18H22F2N4O3/c1-23-7-12(4-15(23)25)22-17(26)16-14(27-8-11-2-3-11)5-13(6-21-16)24-9-18(19,20)10-24/h5-6,11-12H,2-4,7-10H2,1H3,(H,22,26). The number of rotatable bonds is 6. The molecule has 7 nitrogen and oxygen atoms in total. The SMILES string of the molecule is CN1CC(NC(=O)c2ncc(N3CC(F)(F)C3)cc2OCC2CC2)CC1=O. The molecular weight excluding hydrogens is 358 g/mol. The first-order valence-electron chi connectivity index (χ1n) is 9.11. The number of ether oxygens (including phenoxy) is 1. The lowest BCUT2D eigenvalue weighted by Crippen LogP contribution is -2.56. The van der Waals surface area contributed by atoms with Crippen LogP contribution in [0.15, 0.2) is 12.3 Å². The molecule has 2 amide bonds. The van der Waals surface area contributed by atoms with Crippen LogP contribution < -0.4 is 15.0 Å². The van der Waals surface area contributed by atoms with Crippen LogP contribution in [0.3, 0.4) is 0 Å². The van der Waals surface area contributed by atoms with Gasteiger partial charge in [0.1, 0.15) is 0 Å². The number of pyridine rings is 1. The second kappa shape index (κ2) is 6.61. The van der Waals surface area contributed by atoms with E-state index in [0.717, 1.165) is 12.8 Å². The van der Waals surface area contributed by atoms with Gasteiger partial charge in [0.15, 0.2) is 11.4 Å². The van der Waals surface area contributed by atoms with Gasteiger partial charge in [-0.1, -0.05) is 0 Å². The number of likely N-dealkylation sites (N-methyl/N-ethyl adjacent to an activating group) is 1. The summed E-state index contributed by atoms with van der Waals surface area (Å²) in [7, 11) is 1.69.